The third-order valence-corrected chi connectivity index (χ3v) is 7.61. The molecule has 0 bridgehead atoms. The predicted octanol–water partition coefficient (Wildman–Crippen LogP) is 2.12. The van der Waals surface area contributed by atoms with Gasteiger partial charge in [-0.2, -0.15) is 0 Å². The number of aryl methyl sites for hydroxylation is 1. The van der Waals surface area contributed by atoms with Crippen LogP contribution in [0.2, 0.25) is 0 Å². The van der Waals surface area contributed by atoms with Crippen molar-refractivity contribution in [3.8, 4) is 0 Å². The minimum absolute atomic E-state index is 0.0510. The summed E-state index contributed by atoms with van der Waals surface area (Å²) < 4.78 is 42.2. The summed E-state index contributed by atoms with van der Waals surface area (Å²) in [5.41, 5.74) is 5.14. The molecule has 0 radical (unpaired) electrons. The van der Waals surface area contributed by atoms with Gasteiger partial charge in [-0.25, -0.2) is 18.8 Å². The summed E-state index contributed by atoms with van der Waals surface area (Å²) in [6.07, 6.45) is -3.27. The molecule has 38 heavy (non-hydrogen) atoms. The molecule has 0 heterocycles. The maximum absolute atomic E-state index is 13.6. The van der Waals surface area contributed by atoms with Crippen LogP contribution in [0.4, 0.5) is 14.0 Å². The Labute approximate surface area is 222 Å². The molecule has 210 valence electrons. The summed E-state index contributed by atoms with van der Waals surface area (Å²) in [4.78, 5) is 49.2. The van der Waals surface area contributed by atoms with Crippen molar-refractivity contribution in [1.29, 1.82) is 0 Å². The Balaban J connectivity index is 1.71. The molecule has 0 unspecified atom stereocenters. The number of aliphatic hydroxyl groups is 1. The first-order valence-electron chi connectivity index (χ1n) is 11.8. The molecule has 2 aliphatic rings. The lowest BCUT2D eigenvalue weighted by Crippen LogP contribution is -2.59. The van der Waals surface area contributed by atoms with Gasteiger partial charge >= 0.3 is 24.2 Å². The molecule has 1 aromatic carbocycles. The Kier molecular flexibility index (Phi) is 9.79. The van der Waals surface area contributed by atoms with Gasteiger partial charge in [0.2, 0.25) is 13.6 Å². The van der Waals surface area contributed by atoms with E-state index in [4.69, 9.17) is 15.2 Å². The molecule has 0 aromatic heterocycles. The van der Waals surface area contributed by atoms with Gasteiger partial charge in [-0.05, 0) is 44.5 Å². The summed E-state index contributed by atoms with van der Waals surface area (Å²) in [7, 11) is 0. The summed E-state index contributed by atoms with van der Waals surface area (Å²) >= 11 is 1.25. The zero-order valence-corrected chi connectivity index (χ0v) is 21.9. The number of hydrogen-bond donors (Lipinski definition) is 2. The highest BCUT2D eigenvalue weighted by molar-refractivity contribution is 7.99. The van der Waals surface area contributed by atoms with Crippen LogP contribution in [0, 0.1) is 36.4 Å². The smallest absolute Gasteiger partial charge is 0.435 e. The Bertz CT molecular complexity index is 1060. The van der Waals surface area contributed by atoms with Crippen LogP contribution in [0.5, 0.6) is 0 Å². The minimum atomic E-state index is -1.85. The lowest BCUT2D eigenvalue weighted by atomic mass is 9.81. The molecule has 12 nitrogen and oxygen atoms in total. The number of esters is 2. The molecule has 2 saturated carbocycles. The fourth-order valence-corrected chi connectivity index (χ4v) is 5.97. The number of carbonyl (C=O) groups excluding carboxylic acids is 4. The number of rotatable bonds is 11. The zero-order valence-electron chi connectivity index (χ0n) is 21.0. The van der Waals surface area contributed by atoms with E-state index in [2.05, 4.69) is 18.9 Å². The molecule has 3 rings (SSSR count). The first-order chi connectivity index (χ1) is 18.1. The highest BCUT2D eigenvalue weighted by Gasteiger charge is 2.78. The molecule has 2 aliphatic carbocycles. The van der Waals surface area contributed by atoms with Crippen molar-refractivity contribution in [3.05, 3.63) is 29.6 Å². The topological polar surface area (TPSA) is 170 Å². The maximum Gasteiger partial charge on any atom is 0.511 e. The molecule has 0 aliphatic heterocycles. The van der Waals surface area contributed by atoms with Crippen LogP contribution in [0.25, 0.3) is 0 Å². The molecule has 0 saturated heterocycles. The van der Waals surface area contributed by atoms with Crippen LogP contribution in [-0.4, -0.2) is 73.6 Å². The Morgan fingerprint density at radius 3 is 2.18 bits per heavy atom. The van der Waals surface area contributed by atoms with E-state index < -0.39 is 73.1 Å². The monoisotopic (exact) mass is 559 g/mol. The highest BCUT2D eigenvalue weighted by Crippen LogP contribution is 2.64. The van der Waals surface area contributed by atoms with Crippen molar-refractivity contribution in [1.82, 2.24) is 0 Å². The minimum Gasteiger partial charge on any atom is -0.435 e. The molecule has 14 heteroatoms. The quantitative estimate of drug-likeness (QED) is 0.175. The molecule has 3 N–H and O–H groups in total. The van der Waals surface area contributed by atoms with Crippen LogP contribution in [0.3, 0.4) is 0 Å². The van der Waals surface area contributed by atoms with E-state index in [0.717, 1.165) is 0 Å². The number of fused-ring (bicyclic) bond motifs is 1. The molecule has 1 aromatic rings. The molecule has 6 atom stereocenters. The number of carbonyl (C=O) groups is 4. The van der Waals surface area contributed by atoms with Crippen LogP contribution >= 0.6 is 11.8 Å². The summed E-state index contributed by atoms with van der Waals surface area (Å²) in [5.74, 6) is -5.48. The summed E-state index contributed by atoms with van der Waals surface area (Å²) in [6, 6.07) is 4.49. The summed E-state index contributed by atoms with van der Waals surface area (Å²) in [5, 5.41) is 11.1. The SMILES string of the molecule is CCOC(=O)OCOC(=O)[C@H]1[C@@H]2[C@H](O)[C@@H](CSc3ccc(F)c(C)c3)[C@@](N)(C(=O)OCOC(=O)OCC)[C@H]12. The third-order valence-electron chi connectivity index (χ3n) is 6.50. The van der Waals surface area contributed by atoms with Crippen LogP contribution in [-0.2, 0) is 38.0 Å². The van der Waals surface area contributed by atoms with E-state index in [-0.39, 0.29) is 24.8 Å². The third kappa shape index (κ3) is 6.30. The van der Waals surface area contributed by atoms with E-state index in [1.165, 1.54) is 17.8 Å². The van der Waals surface area contributed by atoms with E-state index >= 15 is 0 Å². The Morgan fingerprint density at radius 2 is 1.61 bits per heavy atom. The summed E-state index contributed by atoms with van der Waals surface area (Å²) in [6.45, 7) is 3.36. The van der Waals surface area contributed by atoms with Crippen molar-refractivity contribution in [3.63, 3.8) is 0 Å². The first kappa shape index (κ1) is 29.5. The number of benzene rings is 1. The van der Waals surface area contributed by atoms with E-state index in [0.29, 0.717) is 10.5 Å². The van der Waals surface area contributed by atoms with Crippen molar-refractivity contribution in [2.24, 2.45) is 29.4 Å². The highest BCUT2D eigenvalue weighted by atomic mass is 32.2. The van der Waals surface area contributed by atoms with E-state index in [9.17, 15) is 28.7 Å². The largest absolute Gasteiger partial charge is 0.511 e. The van der Waals surface area contributed by atoms with Crippen molar-refractivity contribution < 1.29 is 57.1 Å². The van der Waals surface area contributed by atoms with E-state index in [1.54, 1.807) is 32.9 Å². The average molecular weight is 560 g/mol. The second kappa shape index (κ2) is 12.6. The van der Waals surface area contributed by atoms with Gasteiger partial charge < -0.3 is 39.3 Å². The van der Waals surface area contributed by atoms with Gasteiger partial charge in [-0.3, -0.25) is 4.79 Å². The van der Waals surface area contributed by atoms with Gasteiger partial charge in [0, 0.05) is 28.4 Å². The van der Waals surface area contributed by atoms with Crippen LogP contribution in [0.1, 0.15) is 19.4 Å². The predicted molar refractivity (Wildman–Crippen MR) is 127 cm³/mol. The zero-order chi connectivity index (χ0) is 28.0. The van der Waals surface area contributed by atoms with E-state index in [1.807, 2.05) is 0 Å². The number of thioether (sulfide) groups is 1. The lowest BCUT2D eigenvalue weighted by molar-refractivity contribution is -0.165. The second-order valence-electron chi connectivity index (χ2n) is 8.67. The lowest BCUT2D eigenvalue weighted by Gasteiger charge is -2.34. The van der Waals surface area contributed by atoms with Crippen LogP contribution in [0.15, 0.2) is 23.1 Å². The average Bonchev–Trinajstić information content (AvgIpc) is 3.58. The molecule has 0 spiro atoms. The number of ether oxygens (including phenoxy) is 6. The first-order valence-corrected chi connectivity index (χ1v) is 12.8. The fourth-order valence-electron chi connectivity index (χ4n) is 4.70. The molecule has 2 fully saturated rings. The molecular weight excluding hydrogens is 529 g/mol. The fraction of sp³-hybridized carbons (Fsp3) is 0.583. The maximum atomic E-state index is 13.6. The van der Waals surface area contributed by atoms with Gasteiger partial charge in [0.15, 0.2) is 0 Å². The number of hydrogen-bond acceptors (Lipinski definition) is 13. The van der Waals surface area contributed by atoms with Gasteiger partial charge in [0.25, 0.3) is 0 Å². The van der Waals surface area contributed by atoms with Crippen LogP contribution < -0.4 is 5.73 Å². The van der Waals surface area contributed by atoms with Gasteiger partial charge in [0.1, 0.15) is 11.4 Å². The number of aliphatic hydroxyl groups excluding tert-OH is 1. The van der Waals surface area contributed by atoms with Crippen molar-refractivity contribution in [2.45, 2.75) is 37.3 Å². The number of nitrogens with two attached hydrogens (primary N) is 1. The van der Waals surface area contributed by atoms with Crippen molar-refractivity contribution in [2.75, 3.05) is 32.6 Å². The number of halogens is 1. The molecular formula is C24H30FNO11S. The van der Waals surface area contributed by atoms with Gasteiger partial charge in [-0.1, -0.05) is 0 Å². The molecule has 0 amide bonds. The Hall–Kier alpha value is -3.10. The normalized spacial score (nSPS) is 27.1. The Morgan fingerprint density at radius 1 is 1.00 bits per heavy atom. The van der Waals surface area contributed by atoms with Crippen molar-refractivity contribution >= 4 is 36.0 Å². The van der Waals surface area contributed by atoms with Gasteiger partial charge in [0.05, 0.1) is 25.2 Å². The second-order valence-corrected chi connectivity index (χ2v) is 9.76. The van der Waals surface area contributed by atoms with Gasteiger partial charge in [-0.15, -0.1) is 11.8 Å². The standard InChI is InChI=1S/C24H30FNO11S/c1-4-32-22(30)36-10-34-20(28)17-16-18(17)24(26,21(29)35-11-37-23(31)33-5-2)14(19(16)27)9-38-13-6-7-15(25)12(3)8-13/h6-8,14,16-19,27H,4-5,9-11,26H2,1-3H3/t14-,16+,17+,18+,19-,24+/m1/s1.